The van der Waals surface area contributed by atoms with E-state index in [1.807, 2.05) is 6.07 Å². The molecule has 19 heavy (non-hydrogen) atoms. The van der Waals surface area contributed by atoms with E-state index in [-0.39, 0.29) is 5.60 Å². The van der Waals surface area contributed by atoms with Crippen LogP contribution in [-0.2, 0) is 4.74 Å². The first-order valence-corrected chi connectivity index (χ1v) is 7.29. The molecule has 1 aromatic rings. The van der Waals surface area contributed by atoms with Gasteiger partial charge in [-0.2, -0.15) is 4.39 Å². The summed E-state index contributed by atoms with van der Waals surface area (Å²) in [4.78, 5) is 3.88. The van der Waals surface area contributed by atoms with Gasteiger partial charge in [-0.1, -0.05) is 25.3 Å². The first-order valence-electron chi connectivity index (χ1n) is 7.29. The van der Waals surface area contributed by atoms with E-state index >= 15 is 0 Å². The molecule has 1 saturated carbocycles. The van der Waals surface area contributed by atoms with Gasteiger partial charge in [-0.3, -0.25) is 0 Å². The molecule has 3 nitrogen and oxygen atoms in total. The van der Waals surface area contributed by atoms with Crippen LogP contribution in [-0.4, -0.2) is 23.2 Å². The van der Waals surface area contributed by atoms with Crippen LogP contribution < -0.4 is 5.32 Å². The van der Waals surface area contributed by atoms with Gasteiger partial charge in [0.05, 0.1) is 5.60 Å². The van der Waals surface area contributed by atoms with Gasteiger partial charge in [0.15, 0.2) is 0 Å². The highest BCUT2D eigenvalue weighted by Gasteiger charge is 2.38. The number of halogens is 1. The van der Waals surface area contributed by atoms with Crippen molar-refractivity contribution >= 4 is 5.82 Å². The van der Waals surface area contributed by atoms with Crippen molar-refractivity contribution in [3.63, 3.8) is 0 Å². The van der Waals surface area contributed by atoms with Crippen LogP contribution in [0.2, 0.25) is 0 Å². The lowest BCUT2D eigenvalue weighted by Gasteiger charge is -2.43. The van der Waals surface area contributed by atoms with Crippen molar-refractivity contribution in [2.45, 2.75) is 56.6 Å². The monoisotopic (exact) mass is 264 g/mol. The zero-order chi connectivity index (χ0) is 13.1. The number of hydrogen-bond donors (Lipinski definition) is 1. The highest BCUT2D eigenvalue weighted by atomic mass is 19.1. The third-order valence-corrected chi connectivity index (χ3v) is 4.32. The number of nitrogens with zero attached hydrogens (tertiary/aromatic N) is 1. The normalized spacial score (nSPS) is 26.3. The van der Waals surface area contributed by atoms with E-state index in [0.29, 0.717) is 11.9 Å². The van der Waals surface area contributed by atoms with E-state index < -0.39 is 5.95 Å². The molecule has 1 aromatic heterocycles. The largest absolute Gasteiger partial charge is 0.375 e. The Hall–Kier alpha value is -1.16. The maximum atomic E-state index is 13.1. The van der Waals surface area contributed by atoms with Gasteiger partial charge in [0, 0.05) is 12.6 Å². The summed E-state index contributed by atoms with van der Waals surface area (Å²) in [5.74, 6) is 0.210. The topological polar surface area (TPSA) is 34.1 Å². The molecule has 1 aliphatic heterocycles. The van der Waals surface area contributed by atoms with Crippen LogP contribution in [0.1, 0.15) is 44.9 Å². The Bertz CT molecular complexity index is 426. The van der Waals surface area contributed by atoms with E-state index in [2.05, 4.69) is 10.3 Å². The van der Waals surface area contributed by atoms with Crippen LogP contribution in [0.15, 0.2) is 18.2 Å². The molecule has 0 amide bonds. The van der Waals surface area contributed by atoms with E-state index in [0.717, 1.165) is 19.4 Å². The zero-order valence-corrected chi connectivity index (χ0v) is 11.2. The molecule has 0 bridgehead atoms. The molecular weight excluding hydrogens is 243 g/mol. The summed E-state index contributed by atoms with van der Waals surface area (Å²) in [6.07, 6.45) is 8.19. The molecule has 1 atom stereocenters. The minimum absolute atomic E-state index is 0.0709. The molecule has 4 heteroatoms. The molecule has 0 aromatic carbocycles. The molecule has 1 N–H and O–H groups in total. The molecule has 1 unspecified atom stereocenters. The Balaban J connectivity index is 1.65. The average Bonchev–Trinajstić information content (AvgIpc) is 2.40. The van der Waals surface area contributed by atoms with Crippen LogP contribution in [0.5, 0.6) is 0 Å². The Labute approximate surface area is 113 Å². The minimum Gasteiger partial charge on any atom is -0.375 e. The van der Waals surface area contributed by atoms with Gasteiger partial charge >= 0.3 is 0 Å². The van der Waals surface area contributed by atoms with E-state index in [1.165, 1.54) is 38.2 Å². The summed E-state index contributed by atoms with van der Waals surface area (Å²) in [7, 11) is 0. The first-order chi connectivity index (χ1) is 9.26. The van der Waals surface area contributed by atoms with E-state index in [1.54, 1.807) is 6.07 Å². The number of hydrogen-bond acceptors (Lipinski definition) is 3. The maximum Gasteiger partial charge on any atom is 0.214 e. The van der Waals surface area contributed by atoms with Crippen LogP contribution >= 0.6 is 0 Å². The zero-order valence-electron chi connectivity index (χ0n) is 11.2. The van der Waals surface area contributed by atoms with Crippen molar-refractivity contribution < 1.29 is 9.13 Å². The van der Waals surface area contributed by atoms with Crippen molar-refractivity contribution in [1.29, 1.82) is 0 Å². The maximum absolute atomic E-state index is 13.1. The number of nitrogens with one attached hydrogen (secondary N) is 1. The third kappa shape index (κ3) is 3.06. The molecule has 2 fully saturated rings. The standard InChI is InChI=1S/C15H21FN2O/c16-13-5-4-6-14(18-13)17-12-7-10-19-15(11-12)8-2-1-3-9-15/h4-6,12H,1-3,7-11H2,(H,17,18). The number of ether oxygens (including phenoxy) is 1. The second kappa shape index (κ2) is 5.45. The second-order valence-electron chi connectivity index (χ2n) is 5.77. The molecule has 1 spiro atoms. The fourth-order valence-corrected chi connectivity index (χ4v) is 3.39. The van der Waals surface area contributed by atoms with Crippen LogP contribution in [0.3, 0.4) is 0 Å². The minimum atomic E-state index is -0.426. The van der Waals surface area contributed by atoms with Gasteiger partial charge in [-0.15, -0.1) is 0 Å². The molecule has 2 heterocycles. The number of pyridine rings is 1. The van der Waals surface area contributed by atoms with E-state index in [9.17, 15) is 4.39 Å². The summed E-state index contributed by atoms with van der Waals surface area (Å²) in [5.41, 5.74) is 0.0709. The fraction of sp³-hybridized carbons (Fsp3) is 0.667. The van der Waals surface area contributed by atoms with Gasteiger partial charge in [0.25, 0.3) is 0 Å². The smallest absolute Gasteiger partial charge is 0.214 e. The third-order valence-electron chi connectivity index (χ3n) is 4.32. The fourth-order valence-electron chi connectivity index (χ4n) is 3.39. The Kier molecular flexibility index (Phi) is 3.69. The Morgan fingerprint density at radius 3 is 2.89 bits per heavy atom. The Morgan fingerprint density at radius 1 is 1.26 bits per heavy atom. The predicted octanol–water partition coefficient (Wildman–Crippen LogP) is 3.51. The SMILES string of the molecule is Fc1cccc(NC2CCOC3(CCCCC3)C2)n1. The van der Waals surface area contributed by atoms with Gasteiger partial charge in [-0.05, 0) is 37.8 Å². The summed E-state index contributed by atoms with van der Waals surface area (Å²) >= 11 is 0. The molecule has 0 radical (unpaired) electrons. The lowest BCUT2D eigenvalue weighted by atomic mass is 9.78. The molecule has 3 rings (SSSR count). The highest BCUT2D eigenvalue weighted by Crippen LogP contribution is 2.39. The lowest BCUT2D eigenvalue weighted by molar-refractivity contribution is -0.103. The number of aromatic nitrogens is 1. The van der Waals surface area contributed by atoms with Crippen molar-refractivity contribution in [2.24, 2.45) is 0 Å². The molecule has 104 valence electrons. The highest BCUT2D eigenvalue weighted by molar-refractivity contribution is 5.35. The summed E-state index contributed by atoms with van der Waals surface area (Å²) in [6, 6.07) is 5.24. The summed E-state index contributed by atoms with van der Waals surface area (Å²) in [6.45, 7) is 0.799. The molecule has 1 aliphatic carbocycles. The van der Waals surface area contributed by atoms with E-state index in [4.69, 9.17) is 4.74 Å². The molecular formula is C15H21FN2O. The summed E-state index contributed by atoms with van der Waals surface area (Å²) < 4.78 is 19.2. The van der Waals surface area contributed by atoms with Crippen molar-refractivity contribution in [1.82, 2.24) is 4.98 Å². The summed E-state index contributed by atoms with van der Waals surface area (Å²) in [5, 5.41) is 3.36. The van der Waals surface area contributed by atoms with Gasteiger partial charge in [0.1, 0.15) is 5.82 Å². The number of rotatable bonds is 2. The molecule has 1 saturated heterocycles. The average molecular weight is 264 g/mol. The van der Waals surface area contributed by atoms with Crippen molar-refractivity contribution in [3.8, 4) is 0 Å². The predicted molar refractivity (Wildman–Crippen MR) is 72.6 cm³/mol. The van der Waals surface area contributed by atoms with Gasteiger partial charge in [0.2, 0.25) is 5.95 Å². The van der Waals surface area contributed by atoms with Crippen LogP contribution in [0.25, 0.3) is 0 Å². The van der Waals surface area contributed by atoms with Crippen molar-refractivity contribution in [3.05, 3.63) is 24.1 Å². The second-order valence-corrected chi connectivity index (χ2v) is 5.77. The quantitative estimate of drug-likeness (QED) is 0.830. The van der Waals surface area contributed by atoms with Crippen LogP contribution in [0.4, 0.5) is 10.2 Å². The van der Waals surface area contributed by atoms with Crippen LogP contribution in [0, 0.1) is 5.95 Å². The van der Waals surface area contributed by atoms with Crippen molar-refractivity contribution in [2.75, 3.05) is 11.9 Å². The first kappa shape index (κ1) is 12.9. The Morgan fingerprint density at radius 2 is 2.11 bits per heavy atom. The lowest BCUT2D eigenvalue weighted by Crippen LogP contribution is -2.45. The molecule has 2 aliphatic rings. The number of anilines is 1. The van der Waals surface area contributed by atoms with Gasteiger partial charge < -0.3 is 10.1 Å². The van der Waals surface area contributed by atoms with Gasteiger partial charge in [-0.25, -0.2) is 4.98 Å².